The Morgan fingerprint density at radius 3 is 2.25 bits per heavy atom. The highest BCUT2D eigenvalue weighted by Gasteiger charge is 2.52. The van der Waals surface area contributed by atoms with E-state index in [4.69, 9.17) is 26.3 Å². The molecule has 1 aliphatic heterocycles. The summed E-state index contributed by atoms with van der Waals surface area (Å²) in [5, 5.41) is 11.4. The largest absolute Gasteiger partial charge is 0.496 e. The molecule has 1 heterocycles. The summed E-state index contributed by atoms with van der Waals surface area (Å²) in [7, 11) is 1.25. The Kier molecular flexibility index (Phi) is 3.89. The summed E-state index contributed by atoms with van der Waals surface area (Å²) in [5.74, 6) is 0. The molecule has 0 unspecified atom stereocenters. The fraction of sp³-hybridized carbons (Fsp3) is 0.500. The van der Waals surface area contributed by atoms with Crippen molar-refractivity contribution in [2.24, 2.45) is 0 Å². The molecule has 0 aromatic heterocycles. The maximum absolute atomic E-state index is 8.09. The Labute approximate surface area is 125 Å². The van der Waals surface area contributed by atoms with E-state index in [0.717, 1.165) is 5.57 Å². The van der Waals surface area contributed by atoms with Crippen molar-refractivity contribution in [1.29, 1.82) is 5.41 Å². The van der Waals surface area contributed by atoms with Crippen LogP contribution in [0.2, 0.25) is 0 Å². The molecule has 1 aliphatic carbocycles. The van der Waals surface area contributed by atoms with Crippen molar-refractivity contribution in [3.8, 4) is 0 Å². The van der Waals surface area contributed by atoms with Crippen LogP contribution in [0.4, 0.5) is 0 Å². The van der Waals surface area contributed by atoms with Crippen LogP contribution in [0.3, 0.4) is 0 Å². The third-order valence-electron chi connectivity index (χ3n) is 4.01. The van der Waals surface area contributed by atoms with Gasteiger partial charge < -0.3 is 14.6 Å². The van der Waals surface area contributed by atoms with E-state index < -0.39 is 18.3 Å². The van der Waals surface area contributed by atoms with Gasteiger partial charge in [0.1, 0.15) is 0 Å². The van der Waals surface area contributed by atoms with Crippen LogP contribution in [0, 0.1) is 5.41 Å². The average molecular weight is 295 g/mol. The molecule has 0 radical (unpaired) electrons. The number of hydrogen-bond acceptors (Lipinski definition) is 4. The Balaban J connectivity index is 2.31. The molecular formula is C14H20BClN2O2. The molecule has 1 saturated heterocycles. The van der Waals surface area contributed by atoms with Crippen molar-refractivity contribution >= 4 is 24.4 Å². The minimum atomic E-state index is -0.541. The molecule has 2 rings (SSSR count). The normalized spacial score (nSPS) is 26.6. The van der Waals surface area contributed by atoms with Crippen molar-refractivity contribution in [1.82, 2.24) is 5.32 Å². The summed E-state index contributed by atoms with van der Waals surface area (Å²) in [6, 6.07) is 0. The molecule has 2 N–H and O–H groups in total. The van der Waals surface area contributed by atoms with Gasteiger partial charge in [0.2, 0.25) is 0 Å². The van der Waals surface area contributed by atoms with Gasteiger partial charge in [0.15, 0.2) is 0 Å². The summed E-state index contributed by atoms with van der Waals surface area (Å²) in [4.78, 5) is 0. The minimum Gasteiger partial charge on any atom is -0.399 e. The van der Waals surface area contributed by atoms with Gasteiger partial charge in [0.05, 0.1) is 21.9 Å². The summed E-state index contributed by atoms with van der Waals surface area (Å²) in [5.41, 5.74) is 0.868. The first-order valence-corrected chi connectivity index (χ1v) is 6.97. The molecule has 108 valence electrons. The van der Waals surface area contributed by atoms with Gasteiger partial charge in [-0.05, 0) is 27.7 Å². The lowest BCUT2D eigenvalue weighted by Crippen LogP contribution is -2.41. The predicted molar refractivity (Wildman–Crippen MR) is 83.0 cm³/mol. The Bertz CT molecular complexity index is 519. The standard InChI is InChI=1S/C14H20BClN2O2/c1-13(2)14(3,4)20-15(19-13)10-7-6-9(8-18-5)12(17)11(10)16/h6-8,17-18H,1-5H3/b9-8-,17-12?. The zero-order chi connectivity index (χ0) is 15.1. The van der Waals surface area contributed by atoms with Crippen molar-refractivity contribution in [3.63, 3.8) is 0 Å². The van der Waals surface area contributed by atoms with Crippen LogP contribution >= 0.6 is 11.6 Å². The Morgan fingerprint density at radius 2 is 1.75 bits per heavy atom. The van der Waals surface area contributed by atoms with E-state index in [-0.39, 0.29) is 5.71 Å². The van der Waals surface area contributed by atoms with Gasteiger partial charge in [-0.3, -0.25) is 5.41 Å². The molecule has 0 spiro atoms. The first kappa shape index (κ1) is 15.4. The molecule has 6 heteroatoms. The van der Waals surface area contributed by atoms with Gasteiger partial charge in [-0.15, -0.1) is 0 Å². The summed E-state index contributed by atoms with van der Waals surface area (Å²) >= 11 is 6.31. The highest BCUT2D eigenvalue weighted by Crippen LogP contribution is 2.40. The molecular weight excluding hydrogens is 274 g/mol. The van der Waals surface area contributed by atoms with Crippen LogP contribution in [0.5, 0.6) is 0 Å². The van der Waals surface area contributed by atoms with E-state index >= 15 is 0 Å². The number of halogens is 1. The SMILES string of the molecule is CN/C=C1/C=CC(B2OC(C)(C)C(C)(C)O2)=C(Cl)C1=N. The summed E-state index contributed by atoms with van der Waals surface area (Å²) in [6.45, 7) is 7.97. The maximum Gasteiger partial charge on any atom is 0.496 e. The van der Waals surface area contributed by atoms with Gasteiger partial charge in [-0.25, -0.2) is 0 Å². The second kappa shape index (κ2) is 5.06. The topological polar surface area (TPSA) is 54.3 Å². The number of rotatable bonds is 2. The van der Waals surface area contributed by atoms with Crippen LogP contribution in [0.25, 0.3) is 0 Å². The minimum absolute atomic E-state index is 0.272. The van der Waals surface area contributed by atoms with Crippen molar-refractivity contribution in [2.45, 2.75) is 38.9 Å². The molecule has 0 aromatic carbocycles. The first-order valence-electron chi connectivity index (χ1n) is 6.60. The third kappa shape index (κ3) is 2.46. The van der Waals surface area contributed by atoms with Crippen LogP contribution < -0.4 is 5.32 Å². The molecule has 4 nitrogen and oxygen atoms in total. The average Bonchev–Trinajstić information content (AvgIpc) is 2.55. The van der Waals surface area contributed by atoms with Gasteiger partial charge >= 0.3 is 7.12 Å². The van der Waals surface area contributed by atoms with Gasteiger partial charge in [-0.1, -0.05) is 23.8 Å². The van der Waals surface area contributed by atoms with E-state index in [1.54, 1.807) is 13.2 Å². The Hall–Kier alpha value is -1.04. The molecule has 0 aromatic rings. The third-order valence-corrected chi connectivity index (χ3v) is 4.42. The maximum atomic E-state index is 8.09. The molecule has 0 bridgehead atoms. The van der Waals surface area contributed by atoms with Crippen LogP contribution in [-0.2, 0) is 9.31 Å². The fourth-order valence-electron chi connectivity index (χ4n) is 2.03. The second-order valence-corrected chi connectivity index (χ2v) is 6.33. The lowest BCUT2D eigenvalue weighted by molar-refractivity contribution is 0.00578. The molecule has 2 aliphatic rings. The van der Waals surface area contributed by atoms with E-state index in [1.807, 2.05) is 39.8 Å². The zero-order valence-corrected chi connectivity index (χ0v) is 13.3. The van der Waals surface area contributed by atoms with E-state index in [1.165, 1.54) is 0 Å². The summed E-state index contributed by atoms with van der Waals surface area (Å²) < 4.78 is 11.9. The van der Waals surface area contributed by atoms with Gasteiger partial charge in [0.25, 0.3) is 0 Å². The highest BCUT2D eigenvalue weighted by atomic mass is 35.5. The van der Waals surface area contributed by atoms with Gasteiger partial charge in [-0.2, -0.15) is 0 Å². The highest BCUT2D eigenvalue weighted by molar-refractivity contribution is 6.62. The van der Waals surface area contributed by atoms with Crippen molar-refractivity contribution in [2.75, 3.05) is 7.05 Å². The van der Waals surface area contributed by atoms with Crippen LogP contribution in [0.1, 0.15) is 27.7 Å². The van der Waals surface area contributed by atoms with Crippen LogP contribution in [-0.4, -0.2) is 31.1 Å². The smallest absolute Gasteiger partial charge is 0.399 e. The van der Waals surface area contributed by atoms with E-state index in [9.17, 15) is 0 Å². The Morgan fingerprint density at radius 1 is 1.20 bits per heavy atom. The predicted octanol–water partition coefficient (Wildman–Crippen LogP) is 2.80. The van der Waals surface area contributed by atoms with E-state index in [0.29, 0.717) is 10.5 Å². The quantitative estimate of drug-likeness (QED) is 0.770. The van der Waals surface area contributed by atoms with Crippen LogP contribution in [0.15, 0.2) is 34.4 Å². The second-order valence-electron chi connectivity index (χ2n) is 5.95. The number of allylic oxidation sites excluding steroid dienone is 5. The van der Waals surface area contributed by atoms with E-state index in [2.05, 4.69) is 5.32 Å². The lowest BCUT2D eigenvalue weighted by atomic mass is 9.74. The monoisotopic (exact) mass is 294 g/mol. The molecule has 1 fully saturated rings. The molecule has 0 atom stereocenters. The fourth-order valence-corrected chi connectivity index (χ4v) is 2.30. The number of nitrogens with one attached hydrogen (secondary N) is 2. The molecule has 20 heavy (non-hydrogen) atoms. The number of hydrogen-bond donors (Lipinski definition) is 2. The zero-order valence-electron chi connectivity index (χ0n) is 12.5. The van der Waals surface area contributed by atoms with Crippen molar-refractivity contribution < 1.29 is 9.31 Å². The van der Waals surface area contributed by atoms with Gasteiger partial charge in [0, 0.05) is 24.3 Å². The molecule has 0 amide bonds. The van der Waals surface area contributed by atoms with Crippen molar-refractivity contribution in [3.05, 3.63) is 34.4 Å². The first-order chi connectivity index (χ1) is 9.19. The summed E-state index contributed by atoms with van der Waals surface area (Å²) in [6.07, 6.45) is 5.43. The molecule has 0 saturated carbocycles. The lowest BCUT2D eigenvalue weighted by Gasteiger charge is -2.32.